The Balaban J connectivity index is 1.21. The maximum Gasteiger partial charge on any atom is -0.00139 e. The van der Waals surface area contributed by atoms with Gasteiger partial charge in [0.05, 0.1) is 0 Å². The summed E-state index contributed by atoms with van der Waals surface area (Å²) in [5.74, 6) is 0. The molecule has 56 heavy (non-hydrogen) atoms. The third kappa shape index (κ3) is 5.08. The molecule has 11 aromatic carbocycles. The van der Waals surface area contributed by atoms with Crippen LogP contribution in [0.1, 0.15) is 0 Å². The van der Waals surface area contributed by atoms with Crippen molar-refractivity contribution in [1.82, 2.24) is 0 Å². The van der Waals surface area contributed by atoms with Crippen molar-refractivity contribution in [3.05, 3.63) is 218 Å². The predicted octanol–water partition coefficient (Wildman–Crippen LogP) is 15.8. The molecule has 11 aromatic rings. The van der Waals surface area contributed by atoms with E-state index >= 15 is 0 Å². The molecule has 0 heterocycles. The number of hydrogen-bond acceptors (Lipinski definition) is 0. The molecule has 0 radical (unpaired) electrons. The minimum atomic E-state index is 1.21. The third-order valence-corrected chi connectivity index (χ3v) is 11.6. The van der Waals surface area contributed by atoms with E-state index in [1.807, 2.05) is 0 Å². The molecule has 0 bridgehead atoms. The lowest BCUT2D eigenvalue weighted by atomic mass is 9.81. The van der Waals surface area contributed by atoms with Crippen molar-refractivity contribution < 1.29 is 0 Å². The second-order valence-corrected chi connectivity index (χ2v) is 14.7. The fourth-order valence-electron chi connectivity index (χ4n) is 9.29. The van der Waals surface area contributed by atoms with E-state index < -0.39 is 0 Å². The molecule has 0 spiro atoms. The molecule has 260 valence electrons. The molecule has 0 amide bonds. The van der Waals surface area contributed by atoms with Crippen LogP contribution in [0.4, 0.5) is 0 Å². The summed E-state index contributed by atoms with van der Waals surface area (Å²) >= 11 is 0. The Bertz CT molecular complexity index is 3170. The Morgan fingerprint density at radius 2 is 0.518 bits per heavy atom. The van der Waals surface area contributed by atoms with Gasteiger partial charge in [0.1, 0.15) is 0 Å². The third-order valence-electron chi connectivity index (χ3n) is 11.6. The Hall–Kier alpha value is -7.28. The van der Waals surface area contributed by atoms with Gasteiger partial charge in [0.15, 0.2) is 0 Å². The first kappa shape index (κ1) is 32.2. The van der Waals surface area contributed by atoms with Crippen LogP contribution in [-0.2, 0) is 0 Å². The number of benzene rings is 11. The largest absolute Gasteiger partial charge is 0.0622 e. The summed E-state index contributed by atoms with van der Waals surface area (Å²) in [5, 5.41) is 12.6. The SMILES string of the molecule is c1ccc(-c2c(-c3cccc(-c4c5ccccc5c(-c5c6ccccc6c(-c6ccccc6)c6ccccc56)c5ccccc45)c3)ccc3ccccc23)cc1. The van der Waals surface area contributed by atoms with E-state index in [2.05, 4.69) is 218 Å². The van der Waals surface area contributed by atoms with Gasteiger partial charge in [-0.3, -0.25) is 0 Å². The molecule has 0 aliphatic carbocycles. The summed E-state index contributed by atoms with van der Waals surface area (Å²) in [5.41, 5.74) is 12.5. The molecule has 11 rings (SSSR count). The molecule has 0 saturated heterocycles. The van der Waals surface area contributed by atoms with E-state index in [-0.39, 0.29) is 0 Å². The highest BCUT2D eigenvalue weighted by Crippen LogP contribution is 2.50. The molecule has 0 nitrogen and oxygen atoms in total. The van der Waals surface area contributed by atoms with Crippen LogP contribution in [-0.4, -0.2) is 0 Å². The van der Waals surface area contributed by atoms with Crippen molar-refractivity contribution in [3.8, 4) is 55.6 Å². The van der Waals surface area contributed by atoms with Crippen molar-refractivity contribution >= 4 is 53.9 Å². The van der Waals surface area contributed by atoms with Gasteiger partial charge in [-0.05, 0) is 116 Å². The molecule has 0 saturated carbocycles. The number of hydrogen-bond donors (Lipinski definition) is 0. The highest BCUT2D eigenvalue weighted by molar-refractivity contribution is 6.30. The lowest BCUT2D eigenvalue weighted by Crippen LogP contribution is -1.95. The van der Waals surface area contributed by atoms with Gasteiger partial charge in [0.2, 0.25) is 0 Å². The molecule has 0 aromatic heterocycles. The molecule has 0 N–H and O–H groups in total. The first-order valence-corrected chi connectivity index (χ1v) is 19.4. The molecule has 0 aliphatic heterocycles. The normalized spacial score (nSPS) is 11.6. The topological polar surface area (TPSA) is 0 Å². The first-order valence-electron chi connectivity index (χ1n) is 19.4. The average Bonchev–Trinajstić information content (AvgIpc) is 3.28. The fraction of sp³-hybridized carbons (Fsp3) is 0. The van der Waals surface area contributed by atoms with E-state index in [1.165, 1.54) is 109 Å². The minimum absolute atomic E-state index is 1.21. The zero-order valence-corrected chi connectivity index (χ0v) is 30.8. The Labute approximate surface area is 326 Å². The molecular formula is C56H36. The van der Waals surface area contributed by atoms with E-state index in [9.17, 15) is 0 Å². The van der Waals surface area contributed by atoms with Gasteiger partial charge in [0.25, 0.3) is 0 Å². The second kappa shape index (κ2) is 13.2. The van der Waals surface area contributed by atoms with E-state index in [1.54, 1.807) is 0 Å². The average molecular weight is 709 g/mol. The summed E-state index contributed by atoms with van der Waals surface area (Å²) in [6, 6.07) is 80.3. The Morgan fingerprint density at radius 3 is 1.00 bits per heavy atom. The van der Waals surface area contributed by atoms with Crippen molar-refractivity contribution in [2.45, 2.75) is 0 Å². The van der Waals surface area contributed by atoms with Crippen molar-refractivity contribution in [2.24, 2.45) is 0 Å². The van der Waals surface area contributed by atoms with Gasteiger partial charge in [-0.1, -0.05) is 212 Å². The highest BCUT2D eigenvalue weighted by Gasteiger charge is 2.22. The van der Waals surface area contributed by atoms with Gasteiger partial charge in [-0.2, -0.15) is 0 Å². The summed E-state index contributed by atoms with van der Waals surface area (Å²) in [6.07, 6.45) is 0. The summed E-state index contributed by atoms with van der Waals surface area (Å²) < 4.78 is 0. The van der Waals surface area contributed by atoms with Gasteiger partial charge < -0.3 is 0 Å². The van der Waals surface area contributed by atoms with Crippen molar-refractivity contribution in [2.75, 3.05) is 0 Å². The van der Waals surface area contributed by atoms with Gasteiger partial charge in [-0.15, -0.1) is 0 Å². The standard InChI is InChI=1S/C56H36/c1-3-19-38(20-4-1)52-42-25-8-7-18-37(42)34-35-43(52)40-23-17-24-41(36-40)54-46-28-11-15-32-50(46)56(51-33-16-12-29-47(51)54)55-48-30-13-9-26-44(48)53(39-21-5-2-6-22-39)45-27-10-14-31-49(45)55/h1-36H. The molecular weight excluding hydrogens is 673 g/mol. The van der Waals surface area contributed by atoms with Crippen LogP contribution in [0, 0.1) is 0 Å². The van der Waals surface area contributed by atoms with E-state index in [4.69, 9.17) is 0 Å². The fourth-order valence-corrected chi connectivity index (χ4v) is 9.29. The predicted molar refractivity (Wildman–Crippen MR) is 241 cm³/mol. The zero-order chi connectivity index (χ0) is 37.0. The van der Waals surface area contributed by atoms with Gasteiger partial charge >= 0.3 is 0 Å². The van der Waals surface area contributed by atoms with Crippen LogP contribution in [0.15, 0.2) is 218 Å². The second-order valence-electron chi connectivity index (χ2n) is 14.7. The summed E-state index contributed by atoms with van der Waals surface area (Å²) in [4.78, 5) is 0. The van der Waals surface area contributed by atoms with Gasteiger partial charge in [0, 0.05) is 0 Å². The van der Waals surface area contributed by atoms with Crippen LogP contribution in [0.25, 0.3) is 109 Å². The molecule has 0 atom stereocenters. The number of rotatable bonds is 5. The molecule has 0 heteroatoms. The van der Waals surface area contributed by atoms with Crippen molar-refractivity contribution in [3.63, 3.8) is 0 Å². The zero-order valence-electron chi connectivity index (χ0n) is 30.8. The molecule has 0 fully saturated rings. The first-order chi connectivity index (χ1) is 27.8. The van der Waals surface area contributed by atoms with Crippen LogP contribution in [0.5, 0.6) is 0 Å². The van der Waals surface area contributed by atoms with Crippen LogP contribution >= 0.6 is 0 Å². The quantitative estimate of drug-likeness (QED) is 0.156. The maximum atomic E-state index is 2.41. The van der Waals surface area contributed by atoms with Crippen molar-refractivity contribution in [1.29, 1.82) is 0 Å². The molecule has 0 aliphatic rings. The maximum absolute atomic E-state index is 2.41. The molecule has 0 unspecified atom stereocenters. The lowest BCUT2D eigenvalue weighted by Gasteiger charge is -2.22. The number of fused-ring (bicyclic) bond motifs is 5. The Morgan fingerprint density at radius 1 is 0.179 bits per heavy atom. The summed E-state index contributed by atoms with van der Waals surface area (Å²) in [7, 11) is 0. The Kier molecular flexibility index (Phi) is 7.60. The van der Waals surface area contributed by atoms with Gasteiger partial charge in [-0.25, -0.2) is 0 Å². The van der Waals surface area contributed by atoms with Crippen LogP contribution < -0.4 is 0 Å². The summed E-state index contributed by atoms with van der Waals surface area (Å²) in [6.45, 7) is 0. The highest BCUT2D eigenvalue weighted by atomic mass is 14.3. The lowest BCUT2D eigenvalue weighted by molar-refractivity contribution is 1.60. The van der Waals surface area contributed by atoms with Crippen LogP contribution in [0.2, 0.25) is 0 Å². The smallest absolute Gasteiger partial charge is 0.00139 e. The minimum Gasteiger partial charge on any atom is -0.0622 e. The van der Waals surface area contributed by atoms with E-state index in [0.29, 0.717) is 0 Å². The van der Waals surface area contributed by atoms with E-state index in [0.717, 1.165) is 0 Å². The van der Waals surface area contributed by atoms with Crippen LogP contribution in [0.3, 0.4) is 0 Å². The monoisotopic (exact) mass is 708 g/mol.